The molecule has 0 fully saturated rings. The Hall–Kier alpha value is -4.97. The maximum absolute atomic E-state index is 12.7. The summed E-state index contributed by atoms with van der Waals surface area (Å²) in [4.78, 5) is 25.1. The first kappa shape index (κ1) is 23.8. The molecule has 1 amide bonds. The maximum atomic E-state index is 12.7. The lowest BCUT2D eigenvalue weighted by Crippen LogP contribution is -2.33. The van der Waals surface area contributed by atoms with Gasteiger partial charge in [-0.1, -0.05) is 66.7 Å². The largest absolute Gasteiger partial charge is 0.481 e. The van der Waals surface area contributed by atoms with Crippen LogP contribution in [0.1, 0.15) is 22.8 Å². The fraction of sp³-hybridized carbons (Fsp3) is 0.0645. The number of carbonyl (C=O) groups excluding carboxylic acids is 2. The number of hydrazone groups is 1. The highest BCUT2D eigenvalue weighted by Crippen LogP contribution is 2.22. The fourth-order valence-corrected chi connectivity index (χ4v) is 3.95. The van der Waals surface area contributed by atoms with E-state index in [0.29, 0.717) is 17.1 Å². The lowest BCUT2D eigenvalue weighted by atomic mass is 10.0. The van der Waals surface area contributed by atoms with Gasteiger partial charge in [-0.25, -0.2) is 10.2 Å². The predicted octanol–water partition coefficient (Wildman–Crippen LogP) is 6.13. The molecule has 0 saturated heterocycles. The van der Waals surface area contributed by atoms with E-state index < -0.39 is 12.1 Å². The van der Waals surface area contributed by atoms with Gasteiger partial charge in [0.05, 0.1) is 11.8 Å². The number of esters is 1. The zero-order chi connectivity index (χ0) is 25.6. The molecule has 5 aromatic carbocycles. The summed E-state index contributed by atoms with van der Waals surface area (Å²) in [6, 6.07) is 33.7. The Morgan fingerprint density at radius 2 is 1.43 bits per heavy atom. The molecule has 0 aromatic heterocycles. The first-order valence-electron chi connectivity index (χ1n) is 11.9. The second-order valence-corrected chi connectivity index (χ2v) is 8.49. The number of carbonyl (C=O) groups is 2. The molecule has 0 saturated carbocycles. The van der Waals surface area contributed by atoms with E-state index in [1.54, 1.807) is 37.3 Å². The van der Waals surface area contributed by atoms with Crippen molar-refractivity contribution in [2.75, 3.05) is 0 Å². The van der Waals surface area contributed by atoms with E-state index in [9.17, 15) is 9.59 Å². The molecule has 6 nitrogen and oxygen atoms in total. The molecule has 1 atom stereocenters. The van der Waals surface area contributed by atoms with Crippen molar-refractivity contribution in [1.29, 1.82) is 0 Å². The number of hydrogen-bond donors (Lipinski definition) is 1. The molecule has 1 N–H and O–H groups in total. The Labute approximate surface area is 214 Å². The van der Waals surface area contributed by atoms with E-state index in [4.69, 9.17) is 9.47 Å². The van der Waals surface area contributed by atoms with Crippen LogP contribution in [0.15, 0.2) is 114 Å². The van der Waals surface area contributed by atoms with E-state index in [0.717, 1.165) is 27.1 Å². The Kier molecular flexibility index (Phi) is 6.90. The maximum Gasteiger partial charge on any atom is 0.344 e. The topological polar surface area (TPSA) is 77.0 Å². The van der Waals surface area contributed by atoms with Crippen LogP contribution in [0, 0.1) is 0 Å². The summed E-state index contributed by atoms with van der Waals surface area (Å²) in [6.07, 6.45) is 0.783. The second kappa shape index (κ2) is 10.7. The number of hydrogen-bond acceptors (Lipinski definition) is 5. The third kappa shape index (κ3) is 5.65. The molecule has 0 radical (unpaired) electrons. The van der Waals surface area contributed by atoms with E-state index >= 15 is 0 Å². The van der Waals surface area contributed by atoms with Crippen LogP contribution < -0.4 is 14.9 Å². The number of benzene rings is 5. The highest BCUT2D eigenvalue weighted by molar-refractivity contribution is 6.05. The molecule has 37 heavy (non-hydrogen) atoms. The molecule has 182 valence electrons. The lowest BCUT2D eigenvalue weighted by Gasteiger charge is -2.13. The van der Waals surface area contributed by atoms with Crippen LogP contribution in [0.4, 0.5) is 0 Å². The molecule has 6 heteroatoms. The van der Waals surface area contributed by atoms with E-state index in [1.165, 1.54) is 6.21 Å². The Morgan fingerprint density at radius 1 is 0.757 bits per heavy atom. The Morgan fingerprint density at radius 3 is 2.24 bits per heavy atom. The average molecular weight is 489 g/mol. The molecule has 0 aliphatic heterocycles. The number of rotatable bonds is 7. The number of nitrogens with zero attached hydrogens (tertiary/aromatic N) is 1. The summed E-state index contributed by atoms with van der Waals surface area (Å²) >= 11 is 0. The lowest BCUT2D eigenvalue weighted by molar-refractivity contribution is -0.127. The first-order chi connectivity index (χ1) is 18.1. The highest BCUT2D eigenvalue weighted by Gasteiger charge is 2.14. The molecule has 0 aliphatic rings. The third-order valence-corrected chi connectivity index (χ3v) is 5.89. The summed E-state index contributed by atoms with van der Waals surface area (Å²) in [5.74, 6) is 0.228. The van der Waals surface area contributed by atoms with Crippen molar-refractivity contribution in [2.24, 2.45) is 5.10 Å². The third-order valence-electron chi connectivity index (χ3n) is 5.89. The van der Waals surface area contributed by atoms with Crippen LogP contribution in [0.2, 0.25) is 0 Å². The molecular formula is C31H24N2O4. The molecular weight excluding hydrogens is 464 g/mol. The molecule has 0 heterocycles. The van der Waals surface area contributed by atoms with Gasteiger partial charge in [-0.2, -0.15) is 5.10 Å². The van der Waals surface area contributed by atoms with Crippen molar-refractivity contribution in [2.45, 2.75) is 13.0 Å². The van der Waals surface area contributed by atoms with E-state index in [2.05, 4.69) is 10.5 Å². The fourth-order valence-electron chi connectivity index (χ4n) is 3.95. The standard InChI is InChI=1S/C31H24N2O4/c1-21(36-27-18-15-23-7-2-3-9-25(23)19-27)30(34)33-32-20-22-13-16-26(17-14-22)37-31(35)29-12-6-10-24-8-4-5-11-28(24)29/h2-21H,1H3,(H,33,34)/b32-20-/t21-/m1/s1. The smallest absolute Gasteiger partial charge is 0.344 e. The van der Waals surface area contributed by atoms with Gasteiger partial charge in [-0.05, 0) is 76.5 Å². The predicted molar refractivity (Wildman–Crippen MR) is 145 cm³/mol. The van der Waals surface area contributed by atoms with Crippen molar-refractivity contribution in [3.8, 4) is 11.5 Å². The number of ether oxygens (including phenoxy) is 2. The summed E-state index contributed by atoms with van der Waals surface area (Å²) in [7, 11) is 0. The first-order valence-corrected chi connectivity index (χ1v) is 11.9. The highest BCUT2D eigenvalue weighted by atomic mass is 16.5. The zero-order valence-electron chi connectivity index (χ0n) is 20.1. The van der Waals surface area contributed by atoms with Gasteiger partial charge in [-0.15, -0.1) is 0 Å². The molecule has 5 aromatic rings. The van der Waals surface area contributed by atoms with Crippen molar-refractivity contribution in [3.63, 3.8) is 0 Å². The zero-order valence-corrected chi connectivity index (χ0v) is 20.1. The quantitative estimate of drug-likeness (QED) is 0.129. The van der Waals surface area contributed by atoms with Gasteiger partial charge in [0.25, 0.3) is 5.91 Å². The van der Waals surface area contributed by atoms with Crippen molar-refractivity contribution >= 4 is 39.6 Å². The summed E-state index contributed by atoms with van der Waals surface area (Å²) < 4.78 is 11.3. The van der Waals surface area contributed by atoms with Gasteiger partial charge in [-0.3, -0.25) is 4.79 Å². The summed E-state index contributed by atoms with van der Waals surface area (Å²) in [5, 5.41) is 7.97. The monoisotopic (exact) mass is 488 g/mol. The normalized spacial score (nSPS) is 11.9. The van der Waals surface area contributed by atoms with Crippen LogP contribution in [-0.2, 0) is 4.79 Å². The average Bonchev–Trinajstić information content (AvgIpc) is 2.93. The van der Waals surface area contributed by atoms with Gasteiger partial charge in [0.15, 0.2) is 6.10 Å². The summed E-state index contributed by atoms with van der Waals surface area (Å²) in [6.45, 7) is 1.67. The van der Waals surface area contributed by atoms with Crippen LogP contribution in [0.5, 0.6) is 11.5 Å². The van der Waals surface area contributed by atoms with Crippen LogP contribution in [-0.4, -0.2) is 24.2 Å². The van der Waals surface area contributed by atoms with Crippen molar-refractivity contribution in [1.82, 2.24) is 5.43 Å². The molecule has 0 unspecified atom stereocenters. The van der Waals surface area contributed by atoms with Crippen LogP contribution >= 0.6 is 0 Å². The van der Waals surface area contributed by atoms with Crippen molar-refractivity contribution in [3.05, 3.63) is 120 Å². The molecule has 0 aliphatic carbocycles. The van der Waals surface area contributed by atoms with Gasteiger partial charge in [0.2, 0.25) is 0 Å². The number of fused-ring (bicyclic) bond motifs is 2. The van der Waals surface area contributed by atoms with Crippen LogP contribution in [0.3, 0.4) is 0 Å². The van der Waals surface area contributed by atoms with Gasteiger partial charge in [0, 0.05) is 0 Å². The van der Waals surface area contributed by atoms with Gasteiger partial charge >= 0.3 is 5.97 Å². The Balaban J connectivity index is 1.15. The minimum absolute atomic E-state index is 0.370. The minimum Gasteiger partial charge on any atom is -0.481 e. The van der Waals surface area contributed by atoms with Gasteiger partial charge < -0.3 is 9.47 Å². The second-order valence-electron chi connectivity index (χ2n) is 8.49. The van der Waals surface area contributed by atoms with E-state index in [-0.39, 0.29) is 5.91 Å². The molecule has 0 bridgehead atoms. The van der Waals surface area contributed by atoms with E-state index in [1.807, 2.05) is 78.9 Å². The minimum atomic E-state index is -0.728. The number of amides is 1. The Bertz CT molecular complexity index is 1600. The molecule has 0 spiro atoms. The molecule has 5 rings (SSSR count). The van der Waals surface area contributed by atoms with Gasteiger partial charge in [0.1, 0.15) is 11.5 Å². The number of nitrogens with one attached hydrogen (secondary N) is 1. The summed E-state index contributed by atoms with van der Waals surface area (Å²) in [5.41, 5.74) is 3.73. The van der Waals surface area contributed by atoms with Crippen LogP contribution in [0.25, 0.3) is 21.5 Å². The van der Waals surface area contributed by atoms with Crippen molar-refractivity contribution < 1.29 is 19.1 Å². The SMILES string of the molecule is C[C@@H](Oc1ccc2ccccc2c1)C(=O)N/N=C\c1ccc(OC(=O)c2cccc3ccccc23)cc1.